The Morgan fingerprint density at radius 1 is 1.53 bits per heavy atom. The van der Waals surface area contributed by atoms with Crippen molar-refractivity contribution >= 4 is 11.8 Å². The van der Waals surface area contributed by atoms with Crippen LogP contribution in [0.2, 0.25) is 0 Å². The molecule has 0 fully saturated rings. The van der Waals surface area contributed by atoms with Crippen LogP contribution in [0.4, 0.5) is 0 Å². The Balaban J connectivity index is 2.33. The first-order chi connectivity index (χ1) is 7.36. The Morgan fingerprint density at radius 2 is 2.40 bits per heavy atom. The zero-order valence-electron chi connectivity index (χ0n) is 8.59. The van der Waals surface area contributed by atoms with E-state index in [1.165, 1.54) is 4.90 Å². The second-order valence-corrected chi connectivity index (χ2v) is 4.00. The molecule has 0 N–H and O–H groups in total. The number of rotatable bonds is 6. The van der Waals surface area contributed by atoms with Gasteiger partial charge in [0.25, 0.3) is 0 Å². The van der Waals surface area contributed by atoms with Crippen molar-refractivity contribution in [2.45, 2.75) is 11.3 Å². The van der Waals surface area contributed by atoms with Gasteiger partial charge in [-0.05, 0) is 35.9 Å². The van der Waals surface area contributed by atoms with Gasteiger partial charge in [0.1, 0.15) is 5.75 Å². The molecule has 0 aliphatic rings. The van der Waals surface area contributed by atoms with Gasteiger partial charge in [-0.1, -0.05) is 11.2 Å². The average molecular weight is 223 g/mol. The molecule has 1 aromatic carbocycles. The normalized spacial score (nSPS) is 9.40. The lowest BCUT2D eigenvalue weighted by molar-refractivity contribution is 0.413. The molecule has 0 bridgehead atoms. The highest BCUT2D eigenvalue weighted by molar-refractivity contribution is 7.99. The molecule has 5 heteroatoms. The van der Waals surface area contributed by atoms with Gasteiger partial charge in [0, 0.05) is 16.4 Å². The summed E-state index contributed by atoms with van der Waals surface area (Å²) in [7, 11) is 1.66. The molecule has 0 aliphatic heterocycles. The van der Waals surface area contributed by atoms with Crippen molar-refractivity contribution in [2.24, 2.45) is 5.11 Å². The van der Waals surface area contributed by atoms with Gasteiger partial charge in [-0.25, -0.2) is 0 Å². The molecule has 15 heavy (non-hydrogen) atoms. The molecular formula is C10H13N3OS. The van der Waals surface area contributed by atoms with Crippen molar-refractivity contribution in [1.29, 1.82) is 0 Å². The number of ether oxygens (including phenoxy) is 1. The van der Waals surface area contributed by atoms with E-state index >= 15 is 0 Å². The molecule has 1 aromatic rings. The quantitative estimate of drug-likeness (QED) is 0.244. The van der Waals surface area contributed by atoms with E-state index in [0.717, 1.165) is 17.9 Å². The molecule has 0 amide bonds. The van der Waals surface area contributed by atoms with Crippen LogP contribution < -0.4 is 4.74 Å². The SMILES string of the molecule is COc1cccc(SCCCN=[N+]=[N-])c1. The monoisotopic (exact) mass is 223 g/mol. The van der Waals surface area contributed by atoms with Crippen LogP contribution in [0, 0.1) is 0 Å². The van der Waals surface area contributed by atoms with Crippen molar-refractivity contribution in [3.05, 3.63) is 34.7 Å². The van der Waals surface area contributed by atoms with E-state index in [-0.39, 0.29) is 0 Å². The van der Waals surface area contributed by atoms with Crippen molar-refractivity contribution < 1.29 is 4.74 Å². The van der Waals surface area contributed by atoms with Crippen LogP contribution >= 0.6 is 11.8 Å². The molecule has 0 heterocycles. The fourth-order valence-corrected chi connectivity index (χ4v) is 1.94. The van der Waals surface area contributed by atoms with Crippen molar-refractivity contribution in [1.82, 2.24) is 0 Å². The Labute approximate surface area is 93.3 Å². The molecule has 0 radical (unpaired) electrons. The molecule has 0 spiro atoms. The van der Waals surface area contributed by atoms with Crippen LogP contribution in [-0.4, -0.2) is 19.4 Å². The van der Waals surface area contributed by atoms with Crippen molar-refractivity contribution in [2.75, 3.05) is 19.4 Å². The fraction of sp³-hybridized carbons (Fsp3) is 0.400. The molecule has 1 rings (SSSR count). The second-order valence-electron chi connectivity index (χ2n) is 2.84. The molecular weight excluding hydrogens is 210 g/mol. The number of nitrogens with zero attached hydrogens (tertiary/aromatic N) is 3. The predicted octanol–water partition coefficient (Wildman–Crippen LogP) is 3.49. The molecule has 0 saturated carbocycles. The lowest BCUT2D eigenvalue weighted by Crippen LogP contribution is -1.85. The van der Waals surface area contributed by atoms with E-state index in [4.69, 9.17) is 10.3 Å². The summed E-state index contributed by atoms with van der Waals surface area (Å²) in [6.07, 6.45) is 0.895. The van der Waals surface area contributed by atoms with Crippen LogP contribution in [0.3, 0.4) is 0 Å². The summed E-state index contributed by atoms with van der Waals surface area (Å²) in [6, 6.07) is 7.93. The Kier molecular flexibility index (Phi) is 5.51. The molecule has 0 unspecified atom stereocenters. The minimum absolute atomic E-state index is 0.563. The first-order valence-electron chi connectivity index (χ1n) is 4.64. The Morgan fingerprint density at radius 3 is 3.13 bits per heavy atom. The van der Waals surface area contributed by atoms with E-state index in [9.17, 15) is 0 Å². The topological polar surface area (TPSA) is 58.0 Å². The average Bonchev–Trinajstić information content (AvgIpc) is 2.29. The van der Waals surface area contributed by atoms with E-state index < -0.39 is 0 Å². The third kappa shape index (κ3) is 4.63. The van der Waals surface area contributed by atoms with Gasteiger partial charge in [-0.3, -0.25) is 0 Å². The van der Waals surface area contributed by atoms with Gasteiger partial charge < -0.3 is 4.74 Å². The van der Waals surface area contributed by atoms with Gasteiger partial charge in [0.15, 0.2) is 0 Å². The van der Waals surface area contributed by atoms with Gasteiger partial charge >= 0.3 is 0 Å². The lowest BCUT2D eigenvalue weighted by Gasteiger charge is -2.03. The van der Waals surface area contributed by atoms with E-state index in [1.807, 2.05) is 24.3 Å². The lowest BCUT2D eigenvalue weighted by atomic mass is 10.3. The standard InChI is InChI=1S/C10H13N3OS/c1-14-9-4-2-5-10(8-9)15-7-3-6-12-13-11/h2,4-5,8H,3,6-7H2,1H3. The van der Waals surface area contributed by atoms with Gasteiger partial charge in [-0.15, -0.1) is 11.8 Å². The van der Waals surface area contributed by atoms with Crippen LogP contribution in [0.5, 0.6) is 5.75 Å². The van der Waals surface area contributed by atoms with E-state index in [0.29, 0.717) is 6.54 Å². The summed E-state index contributed by atoms with van der Waals surface area (Å²) in [4.78, 5) is 3.88. The zero-order valence-corrected chi connectivity index (χ0v) is 9.41. The number of hydrogen-bond donors (Lipinski definition) is 0. The maximum Gasteiger partial charge on any atom is 0.119 e. The number of hydrogen-bond acceptors (Lipinski definition) is 3. The highest BCUT2D eigenvalue weighted by atomic mass is 32.2. The number of thioether (sulfide) groups is 1. The maximum absolute atomic E-state index is 8.09. The Hall–Kier alpha value is -1.32. The molecule has 0 aliphatic carbocycles. The van der Waals surface area contributed by atoms with Crippen molar-refractivity contribution in [3.8, 4) is 5.75 Å². The summed E-state index contributed by atoms with van der Waals surface area (Å²) in [5.41, 5.74) is 8.09. The highest BCUT2D eigenvalue weighted by Gasteiger charge is 1.95. The number of methoxy groups -OCH3 is 1. The van der Waals surface area contributed by atoms with E-state index in [1.54, 1.807) is 18.9 Å². The third-order valence-corrected chi connectivity index (χ3v) is 2.86. The van der Waals surface area contributed by atoms with Gasteiger partial charge in [-0.2, -0.15) is 0 Å². The molecule has 0 saturated heterocycles. The summed E-state index contributed by atoms with van der Waals surface area (Å²) in [5, 5.41) is 3.48. The smallest absolute Gasteiger partial charge is 0.119 e. The fourth-order valence-electron chi connectivity index (χ4n) is 1.06. The molecule has 4 nitrogen and oxygen atoms in total. The van der Waals surface area contributed by atoms with Gasteiger partial charge in [0.2, 0.25) is 0 Å². The first-order valence-corrected chi connectivity index (χ1v) is 5.63. The largest absolute Gasteiger partial charge is 0.497 e. The third-order valence-electron chi connectivity index (χ3n) is 1.78. The molecule has 0 atom stereocenters. The van der Waals surface area contributed by atoms with Crippen LogP contribution in [0.25, 0.3) is 10.4 Å². The zero-order chi connectivity index (χ0) is 10.9. The van der Waals surface area contributed by atoms with Crippen LogP contribution in [-0.2, 0) is 0 Å². The maximum atomic E-state index is 8.09. The highest BCUT2D eigenvalue weighted by Crippen LogP contribution is 2.23. The minimum atomic E-state index is 0.563. The van der Waals surface area contributed by atoms with Crippen LogP contribution in [0.1, 0.15) is 6.42 Å². The minimum Gasteiger partial charge on any atom is -0.497 e. The number of azide groups is 1. The second kappa shape index (κ2) is 7.04. The predicted molar refractivity (Wildman–Crippen MR) is 62.3 cm³/mol. The first kappa shape index (κ1) is 11.8. The number of benzene rings is 1. The van der Waals surface area contributed by atoms with Gasteiger partial charge in [0.05, 0.1) is 7.11 Å². The van der Waals surface area contributed by atoms with Crippen LogP contribution in [0.15, 0.2) is 34.3 Å². The molecule has 80 valence electrons. The summed E-state index contributed by atoms with van der Waals surface area (Å²) < 4.78 is 5.12. The summed E-state index contributed by atoms with van der Waals surface area (Å²) in [5.74, 6) is 1.82. The molecule has 0 aromatic heterocycles. The summed E-state index contributed by atoms with van der Waals surface area (Å²) in [6.45, 7) is 0.563. The Bertz CT molecular complexity index is 350. The van der Waals surface area contributed by atoms with Crippen molar-refractivity contribution in [3.63, 3.8) is 0 Å². The summed E-state index contributed by atoms with van der Waals surface area (Å²) >= 11 is 1.74. The van der Waals surface area contributed by atoms with E-state index in [2.05, 4.69) is 10.0 Å².